The highest BCUT2D eigenvalue weighted by Gasteiger charge is 2.19. The second-order valence-electron chi connectivity index (χ2n) is 5.50. The van der Waals surface area contributed by atoms with Gasteiger partial charge in [0.2, 0.25) is 0 Å². The molecule has 2 fully saturated rings. The van der Waals surface area contributed by atoms with Crippen molar-refractivity contribution in [1.29, 1.82) is 0 Å². The Hall–Kier alpha value is -0.0800. The normalized spacial score (nSPS) is 29.8. The van der Waals surface area contributed by atoms with Gasteiger partial charge in [0.25, 0.3) is 0 Å². The molecule has 0 radical (unpaired) electrons. The minimum absolute atomic E-state index is 0.458. The maximum atomic E-state index is 5.90. The SMILES string of the molecule is N[C@H]1CCN(CCCC2CCCCC2)C1. The van der Waals surface area contributed by atoms with Crippen LogP contribution in [0.1, 0.15) is 51.4 Å². The third-order valence-corrected chi connectivity index (χ3v) is 4.12. The van der Waals surface area contributed by atoms with E-state index in [9.17, 15) is 0 Å². The van der Waals surface area contributed by atoms with E-state index in [1.54, 1.807) is 0 Å². The van der Waals surface area contributed by atoms with E-state index in [1.807, 2.05) is 0 Å². The Bertz CT molecular complexity index is 171. The molecule has 0 aromatic heterocycles. The average molecular weight is 210 g/mol. The maximum absolute atomic E-state index is 5.90. The lowest BCUT2D eigenvalue weighted by molar-refractivity contribution is 0.284. The Labute approximate surface area is 94.2 Å². The number of nitrogens with two attached hydrogens (primary N) is 1. The van der Waals surface area contributed by atoms with Crippen LogP contribution >= 0.6 is 0 Å². The molecular weight excluding hydrogens is 184 g/mol. The molecule has 0 aromatic rings. The van der Waals surface area contributed by atoms with Crippen LogP contribution in [0.3, 0.4) is 0 Å². The summed E-state index contributed by atoms with van der Waals surface area (Å²) in [6.45, 7) is 3.68. The van der Waals surface area contributed by atoms with E-state index in [2.05, 4.69) is 4.90 Å². The van der Waals surface area contributed by atoms with Crippen LogP contribution in [-0.2, 0) is 0 Å². The lowest BCUT2D eigenvalue weighted by atomic mass is 9.86. The van der Waals surface area contributed by atoms with Gasteiger partial charge in [-0.1, -0.05) is 32.1 Å². The topological polar surface area (TPSA) is 29.3 Å². The first-order chi connectivity index (χ1) is 7.34. The van der Waals surface area contributed by atoms with Crippen molar-refractivity contribution >= 4 is 0 Å². The molecule has 1 aliphatic carbocycles. The van der Waals surface area contributed by atoms with Crippen LogP contribution in [0.5, 0.6) is 0 Å². The van der Waals surface area contributed by atoms with Gasteiger partial charge in [-0.3, -0.25) is 0 Å². The molecule has 1 heterocycles. The summed E-state index contributed by atoms with van der Waals surface area (Å²) in [7, 11) is 0. The average Bonchev–Trinajstić information content (AvgIpc) is 2.66. The van der Waals surface area contributed by atoms with Gasteiger partial charge >= 0.3 is 0 Å². The fourth-order valence-corrected chi connectivity index (χ4v) is 3.15. The standard InChI is InChI=1S/C13H26N2/c14-13-8-10-15(11-13)9-4-7-12-5-2-1-3-6-12/h12-13H,1-11,14H2/t13-/m0/s1. The highest BCUT2D eigenvalue weighted by atomic mass is 15.2. The third kappa shape index (κ3) is 3.76. The van der Waals surface area contributed by atoms with E-state index in [1.165, 1.54) is 64.5 Å². The summed E-state index contributed by atoms with van der Waals surface area (Å²) in [6.07, 6.45) is 11.5. The molecular formula is C13H26N2. The van der Waals surface area contributed by atoms with Crippen LogP contribution in [0.15, 0.2) is 0 Å². The van der Waals surface area contributed by atoms with E-state index < -0.39 is 0 Å². The summed E-state index contributed by atoms with van der Waals surface area (Å²) >= 11 is 0. The summed E-state index contributed by atoms with van der Waals surface area (Å²) in [4.78, 5) is 2.55. The summed E-state index contributed by atoms with van der Waals surface area (Å²) in [6, 6.07) is 0.458. The number of hydrogen-bond acceptors (Lipinski definition) is 2. The molecule has 2 nitrogen and oxygen atoms in total. The van der Waals surface area contributed by atoms with E-state index >= 15 is 0 Å². The Morgan fingerprint density at radius 1 is 1.07 bits per heavy atom. The monoisotopic (exact) mass is 210 g/mol. The second kappa shape index (κ2) is 5.86. The first-order valence-electron chi connectivity index (χ1n) is 6.82. The van der Waals surface area contributed by atoms with Crippen LogP contribution < -0.4 is 5.73 Å². The molecule has 88 valence electrons. The smallest absolute Gasteiger partial charge is 0.0180 e. The van der Waals surface area contributed by atoms with E-state index in [-0.39, 0.29) is 0 Å². The lowest BCUT2D eigenvalue weighted by Gasteiger charge is -2.22. The highest BCUT2D eigenvalue weighted by Crippen LogP contribution is 2.27. The lowest BCUT2D eigenvalue weighted by Crippen LogP contribution is -2.27. The molecule has 1 atom stereocenters. The zero-order valence-electron chi connectivity index (χ0n) is 9.96. The molecule has 0 spiro atoms. The van der Waals surface area contributed by atoms with Crippen molar-refractivity contribution in [2.45, 2.75) is 57.4 Å². The molecule has 15 heavy (non-hydrogen) atoms. The quantitative estimate of drug-likeness (QED) is 0.772. The fraction of sp³-hybridized carbons (Fsp3) is 1.00. The largest absolute Gasteiger partial charge is 0.326 e. The predicted octanol–water partition coefficient (Wildman–Crippen LogP) is 2.38. The Morgan fingerprint density at radius 2 is 1.87 bits per heavy atom. The maximum Gasteiger partial charge on any atom is 0.0180 e. The zero-order valence-corrected chi connectivity index (χ0v) is 9.96. The number of likely N-dealkylation sites (tertiary alicyclic amines) is 1. The highest BCUT2D eigenvalue weighted by molar-refractivity contribution is 4.77. The van der Waals surface area contributed by atoms with E-state index in [0.29, 0.717) is 6.04 Å². The minimum atomic E-state index is 0.458. The van der Waals surface area contributed by atoms with Crippen LogP contribution in [0.25, 0.3) is 0 Å². The van der Waals surface area contributed by atoms with Gasteiger partial charge in [0.15, 0.2) is 0 Å². The third-order valence-electron chi connectivity index (χ3n) is 4.12. The van der Waals surface area contributed by atoms with Gasteiger partial charge in [-0.25, -0.2) is 0 Å². The van der Waals surface area contributed by atoms with Gasteiger partial charge in [0.05, 0.1) is 0 Å². The van der Waals surface area contributed by atoms with Crippen molar-refractivity contribution in [3.63, 3.8) is 0 Å². The van der Waals surface area contributed by atoms with Crippen LogP contribution in [0, 0.1) is 5.92 Å². The first kappa shape index (κ1) is 11.4. The Morgan fingerprint density at radius 3 is 2.53 bits per heavy atom. The van der Waals surface area contributed by atoms with Gasteiger partial charge in [-0.05, 0) is 38.3 Å². The van der Waals surface area contributed by atoms with E-state index in [4.69, 9.17) is 5.73 Å². The molecule has 0 unspecified atom stereocenters. The molecule has 1 saturated carbocycles. The molecule has 2 rings (SSSR count). The predicted molar refractivity (Wildman–Crippen MR) is 64.8 cm³/mol. The van der Waals surface area contributed by atoms with Gasteiger partial charge in [0.1, 0.15) is 0 Å². The summed E-state index contributed by atoms with van der Waals surface area (Å²) in [5.74, 6) is 1.05. The van der Waals surface area contributed by atoms with Gasteiger partial charge < -0.3 is 10.6 Å². The summed E-state index contributed by atoms with van der Waals surface area (Å²) in [5.41, 5.74) is 5.90. The van der Waals surface area contributed by atoms with Crippen molar-refractivity contribution in [2.24, 2.45) is 11.7 Å². The van der Waals surface area contributed by atoms with Crippen molar-refractivity contribution in [3.8, 4) is 0 Å². The van der Waals surface area contributed by atoms with Crippen LogP contribution in [-0.4, -0.2) is 30.6 Å². The van der Waals surface area contributed by atoms with Gasteiger partial charge in [-0.2, -0.15) is 0 Å². The van der Waals surface area contributed by atoms with Crippen LogP contribution in [0.2, 0.25) is 0 Å². The Kier molecular flexibility index (Phi) is 4.45. The first-order valence-corrected chi connectivity index (χ1v) is 6.82. The number of nitrogens with zero attached hydrogens (tertiary/aromatic N) is 1. The molecule has 2 heteroatoms. The zero-order chi connectivity index (χ0) is 10.5. The van der Waals surface area contributed by atoms with Gasteiger partial charge in [-0.15, -0.1) is 0 Å². The summed E-state index contributed by atoms with van der Waals surface area (Å²) in [5, 5.41) is 0. The second-order valence-corrected chi connectivity index (χ2v) is 5.50. The number of rotatable bonds is 4. The van der Waals surface area contributed by atoms with Crippen molar-refractivity contribution in [2.75, 3.05) is 19.6 Å². The van der Waals surface area contributed by atoms with Crippen molar-refractivity contribution in [3.05, 3.63) is 0 Å². The summed E-state index contributed by atoms with van der Waals surface area (Å²) < 4.78 is 0. The molecule has 0 aromatic carbocycles. The van der Waals surface area contributed by atoms with Crippen LogP contribution in [0.4, 0.5) is 0 Å². The van der Waals surface area contributed by atoms with Crippen molar-refractivity contribution in [1.82, 2.24) is 4.90 Å². The molecule has 1 aliphatic heterocycles. The fourth-order valence-electron chi connectivity index (χ4n) is 3.15. The molecule has 2 N–H and O–H groups in total. The van der Waals surface area contributed by atoms with E-state index in [0.717, 1.165) is 12.5 Å². The van der Waals surface area contributed by atoms with Gasteiger partial charge in [0, 0.05) is 12.6 Å². The molecule has 1 saturated heterocycles. The molecule has 0 amide bonds. The molecule has 0 bridgehead atoms. The minimum Gasteiger partial charge on any atom is -0.326 e. The van der Waals surface area contributed by atoms with Crippen molar-refractivity contribution < 1.29 is 0 Å². The Balaban J connectivity index is 1.54. The number of hydrogen-bond donors (Lipinski definition) is 1. The molecule has 2 aliphatic rings.